The molecule has 1 saturated carbocycles. The molecule has 2 aliphatic carbocycles. The molecule has 2 fully saturated rings. The van der Waals surface area contributed by atoms with Gasteiger partial charge in [0.25, 0.3) is 0 Å². The molecule has 1 amide bonds. The molecule has 3 aliphatic rings. The Kier molecular flexibility index (Phi) is 4.36. The van der Waals surface area contributed by atoms with Crippen molar-refractivity contribution in [1.29, 1.82) is 0 Å². The molecule has 0 unspecified atom stereocenters. The third kappa shape index (κ3) is 3.45. The number of hydrogen-bond acceptors (Lipinski definition) is 5. The lowest BCUT2D eigenvalue weighted by Crippen LogP contribution is -2.40. The molecule has 1 spiro atoms. The Morgan fingerprint density at radius 2 is 2.04 bits per heavy atom. The first-order valence-corrected chi connectivity index (χ1v) is 10.3. The molecule has 6 nitrogen and oxygen atoms in total. The summed E-state index contributed by atoms with van der Waals surface area (Å²) < 4.78 is 69.1. The fourth-order valence-corrected chi connectivity index (χ4v) is 4.65. The molecule has 4 rings (SSSR count). The molecule has 1 saturated heterocycles. The Balaban J connectivity index is 1.50. The van der Waals surface area contributed by atoms with Crippen LogP contribution in [-0.2, 0) is 25.5 Å². The molecule has 28 heavy (non-hydrogen) atoms. The predicted molar refractivity (Wildman–Crippen MR) is 92.6 cm³/mol. The zero-order valence-corrected chi connectivity index (χ0v) is 15.5. The number of alkyl carbamates (subject to hydrolysis) is 1. The first-order valence-electron chi connectivity index (χ1n) is 8.86. The summed E-state index contributed by atoms with van der Waals surface area (Å²) in [7, 11) is -5.65. The van der Waals surface area contributed by atoms with Gasteiger partial charge in [-0.2, -0.15) is 21.6 Å². The molecule has 1 aliphatic heterocycles. The molecule has 0 aromatic heterocycles. The third-order valence-electron chi connectivity index (χ3n) is 5.55. The van der Waals surface area contributed by atoms with Gasteiger partial charge in [-0.05, 0) is 54.4 Å². The Bertz CT molecular complexity index is 956. The molecule has 1 aromatic carbocycles. The zero-order chi connectivity index (χ0) is 20.2. The van der Waals surface area contributed by atoms with Crippen molar-refractivity contribution in [2.24, 2.45) is 0 Å². The first kappa shape index (κ1) is 19.1. The standard InChI is InChI=1S/C18H18F3NO5S/c19-18(20,21)28(24,25)27-15-4-3-11-7-12(1-2-13(11)8-15)14-5-6-17(9-14)10-26-16(23)22-17/h1-2,7-8,14H,3-6,9-10H2,(H,22,23)/t14-,17-/m1/s1. The molecule has 1 N–H and O–H groups in total. The van der Waals surface area contributed by atoms with Crippen molar-refractivity contribution in [3.8, 4) is 0 Å². The van der Waals surface area contributed by atoms with E-state index in [9.17, 15) is 26.4 Å². The lowest BCUT2D eigenvalue weighted by molar-refractivity contribution is -0.0522. The number of hydrogen-bond donors (Lipinski definition) is 1. The van der Waals surface area contributed by atoms with Crippen LogP contribution in [0, 0.1) is 0 Å². The molecule has 0 radical (unpaired) electrons. The van der Waals surface area contributed by atoms with E-state index >= 15 is 0 Å². The molecular formula is C18H18F3NO5S. The summed E-state index contributed by atoms with van der Waals surface area (Å²) >= 11 is 0. The van der Waals surface area contributed by atoms with Gasteiger partial charge >= 0.3 is 21.7 Å². The summed E-state index contributed by atoms with van der Waals surface area (Å²) in [6.07, 6.45) is 3.91. The van der Waals surface area contributed by atoms with Gasteiger partial charge in [0.1, 0.15) is 12.4 Å². The predicted octanol–water partition coefficient (Wildman–Crippen LogP) is 3.59. The monoisotopic (exact) mass is 417 g/mol. The maximum atomic E-state index is 12.5. The molecule has 10 heteroatoms. The number of carbonyl (C=O) groups excluding carboxylic acids is 1. The van der Waals surface area contributed by atoms with E-state index in [1.54, 1.807) is 6.07 Å². The van der Waals surface area contributed by atoms with E-state index in [1.807, 2.05) is 12.1 Å². The Morgan fingerprint density at radius 3 is 2.71 bits per heavy atom. The highest BCUT2D eigenvalue weighted by molar-refractivity contribution is 7.87. The first-order chi connectivity index (χ1) is 13.1. The van der Waals surface area contributed by atoms with E-state index in [2.05, 4.69) is 9.50 Å². The number of alkyl halides is 3. The second-order valence-corrected chi connectivity index (χ2v) is 9.01. The number of amides is 1. The highest BCUT2D eigenvalue weighted by Crippen LogP contribution is 2.43. The fraction of sp³-hybridized carbons (Fsp3) is 0.500. The van der Waals surface area contributed by atoms with Gasteiger partial charge in [0.15, 0.2) is 0 Å². The smallest absolute Gasteiger partial charge is 0.447 e. The van der Waals surface area contributed by atoms with Gasteiger partial charge < -0.3 is 14.2 Å². The maximum absolute atomic E-state index is 12.5. The van der Waals surface area contributed by atoms with Crippen molar-refractivity contribution in [2.45, 2.75) is 49.1 Å². The second-order valence-electron chi connectivity index (χ2n) is 7.47. The normalized spacial score (nSPS) is 27.2. The van der Waals surface area contributed by atoms with Crippen molar-refractivity contribution >= 4 is 22.3 Å². The molecular weight excluding hydrogens is 399 g/mol. The van der Waals surface area contributed by atoms with E-state index in [0.29, 0.717) is 18.6 Å². The number of allylic oxidation sites excluding steroid dienone is 1. The van der Waals surface area contributed by atoms with Crippen molar-refractivity contribution in [1.82, 2.24) is 5.32 Å². The topological polar surface area (TPSA) is 81.7 Å². The van der Waals surface area contributed by atoms with Crippen molar-refractivity contribution in [3.05, 3.63) is 40.6 Å². The fourth-order valence-electron chi connectivity index (χ4n) is 4.14. The van der Waals surface area contributed by atoms with Crippen LogP contribution in [0.3, 0.4) is 0 Å². The highest BCUT2D eigenvalue weighted by Gasteiger charge is 2.49. The highest BCUT2D eigenvalue weighted by atomic mass is 32.2. The number of ether oxygens (including phenoxy) is 1. The van der Waals surface area contributed by atoms with Gasteiger partial charge in [-0.1, -0.05) is 18.2 Å². The third-order valence-corrected chi connectivity index (χ3v) is 6.55. The van der Waals surface area contributed by atoms with Crippen molar-refractivity contribution in [3.63, 3.8) is 0 Å². The molecule has 2 atom stereocenters. The van der Waals surface area contributed by atoms with Gasteiger partial charge in [-0.15, -0.1) is 0 Å². The Hall–Kier alpha value is -2.23. The number of rotatable bonds is 3. The van der Waals surface area contributed by atoms with Gasteiger partial charge in [0, 0.05) is 6.42 Å². The summed E-state index contributed by atoms with van der Waals surface area (Å²) in [6.45, 7) is 0.365. The summed E-state index contributed by atoms with van der Waals surface area (Å²) in [6, 6.07) is 5.65. The van der Waals surface area contributed by atoms with Crippen LogP contribution < -0.4 is 5.32 Å². The van der Waals surface area contributed by atoms with Crippen LogP contribution in [0.1, 0.15) is 48.3 Å². The lowest BCUT2D eigenvalue weighted by Gasteiger charge is -2.22. The average molecular weight is 417 g/mol. The number of nitrogens with one attached hydrogen (secondary N) is 1. The number of benzene rings is 1. The zero-order valence-electron chi connectivity index (χ0n) is 14.7. The van der Waals surface area contributed by atoms with E-state index in [1.165, 1.54) is 6.08 Å². The minimum absolute atomic E-state index is 0.0737. The number of aryl methyl sites for hydroxylation is 1. The number of carbonyl (C=O) groups is 1. The lowest BCUT2D eigenvalue weighted by atomic mass is 9.88. The van der Waals surface area contributed by atoms with Gasteiger partial charge in [0.05, 0.1) is 5.54 Å². The Morgan fingerprint density at radius 1 is 1.25 bits per heavy atom. The summed E-state index contributed by atoms with van der Waals surface area (Å²) in [5.74, 6) is 0.0303. The van der Waals surface area contributed by atoms with Crippen LogP contribution in [0.15, 0.2) is 24.0 Å². The van der Waals surface area contributed by atoms with Crippen LogP contribution in [0.5, 0.6) is 0 Å². The number of cyclic esters (lactones) is 1. The van der Waals surface area contributed by atoms with Gasteiger partial charge in [-0.25, -0.2) is 4.79 Å². The van der Waals surface area contributed by atoms with E-state index in [4.69, 9.17) is 4.74 Å². The van der Waals surface area contributed by atoms with Crippen LogP contribution in [0.2, 0.25) is 0 Å². The maximum Gasteiger partial charge on any atom is 0.534 e. The quantitative estimate of drug-likeness (QED) is 0.601. The molecule has 152 valence electrons. The number of fused-ring (bicyclic) bond motifs is 1. The van der Waals surface area contributed by atoms with Gasteiger partial charge in [-0.3, -0.25) is 0 Å². The van der Waals surface area contributed by atoms with E-state index < -0.39 is 21.7 Å². The Labute approximate surface area is 159 Å². The largest absolute Gasteiger partial charge is 0.534 e. The molecule has 0 bridgehead atoms. The average Bonchev–Trinajstić information content (AvgIpc) is 3.19. The minimum atomic E-state index is -5.65. The van der Waals surface area contributed by atoms with Crippen LogP contribution in [-0.4, -0.2) is 32.2 Å². The summed E-state index contributed by atoms with van der Waals surface area (Å²) in [5, 5.41) is 2.89. The van der Waals surface area contributed by atoms with E-state index in [0.717, 1.165) is 30.4 Å². The van der Waals surface area contributed by atoms with Crippen molar-refractivity contribution < 1.29 is 35.3 Å². The van der Waals surface area contributed by atoms with Crippen molar-refractivity contribution in [2.75, 3.05) is 6.61 Å². The van der Waals surface area contributed by atoms with E-state index in [-0.39, 0.29) is 23.6 Å². The number of halogens is 3. The van der Waals surface area contributed by atoms with Crippen LogP contribution in [0.25, 0.3) is 6.08 Å². The van der Waals surface area contributed by atoms with Crippen LogP contribution in [0.4, 0.5) is 18.0 Å². The SMILES string of the molecule is O=C1N[C@@]2(CC[C@@H](c3ccc4c(c3)CCC(OS(=O)(=O)C(F)(F)F)=C4)C2)CO1. The summed E-state index contributed by atoms with van der Waals surface area (Å²) in [4.78, 5) is 11.4. The van der Waals surface area contributed by atoms with Gasteiger partial charge in [0.2, 0.25) is 0 Å². The minimum Gasteiger partial charge on any atom is -0.447 e. The second kappa shape index (κ2) is 6.40. The molecule has 1 aromatic rings. The summed E-state index contributed by atoms with van der Waals surface area (Å²) in [5.41, 5.74) is -3.09. The van der Waals surface area contributed by atoms with Crippen LogP contribution >= 0.6 is 0 Å². The molecule has 1 heterocycles.